The summed E-state index contributed by atoms with van der Waals surface area (Å²) in [5.41, 5.74) is 0.940. The summed E-state index contributed by atoms with van der Waals surface area (Å²) < 4.78 is 10.4. The first kappa shape index (κ1) is 13.9. The predicted molar refractivity (Wildman–Crippen MR) is 74.8 cm³/mol. The molecule has 2 rings (SSSR count). The molecule has 0 fully saturated rings. The highest BCUT2D eigenvalue weighted by molar-refractivity contribution is 5.90. The van der Waals surface area contributed by atoms with Gasteiger partial charge in [0.1, 0.15) is 18.1 Å². The Bertz CT molecular complexity index is 578. The van der Waals surface area contributed by atoms with Gasteiger partial charge in [-0.05, 0) is 31.2 Å². The van der Waals surface area contributed by atoms with Crippen molar-refractivity contribution in [3.05, 3.63) is 59.7 Å². The lowest BCUT2D eigenvalue weighted by atomic mass is 10.1. The van der Waals surface area contributed by atoms with Crippen molar-refractivity contribution in [3.63, 3.8) is 0 Å². The zero-order chi connectivity index (χ0) is 14.4. The number of carbonyl (C=O) groups excluding carboxylic acids is 1. The molecule has 0 aliphatic carbocycles. The Morgan fingerprint density at radius 2 is 1.90 bits per heavy atom. The van der Waals surface area contributed by atoms with E-state index < -0.39 is 5.97 Å². The molecule has 1 N–H and O–H groups in total. The van der Waals surface area contributed by atoms with E-state index >= 15 is 0 Å². The fraction of sp³-hybridized carbons (Fsp3) is 0.188. The highest BCUT2D eigenvalue weighted by atomic mass is 16.5. The molecule has 0 heterocycles. The van der Waals surface area contributed by atoms with Crippen LogP contribution in [-0.4, -0.2) is 17.7 Å². The molecule has 0 unspecified atom stereocenters. The molecule has 0 amide bonds. The molecule has 0 saturated heterocycles. The van der Waals surface area contributed by atoms with Gasteiger partial charge in [0, 0.05) is 5.56 Å². The molecule has 0 aliphatic rings. The number of ether oxygens (including phenoxy) is 2. The maximum atomic E-state index is 11.5. The summed E-state index contributed by atoms with van der Waals surface area (Å²) in [5.74, 6) is 0.297. The van der Waals surface area contributed by atoms with Crippen LogP contribution in [0.2, 0.25) is 0 Å². The lowest BCUT2D eigenvalue weighted by Gasteiger charge is -2.09. The monoisotopic (exact) mass is 272 g/mol. The van der Waals surface area contributed by atoms with Gasteiger partial charge >= 0.3 is 5.97 Å². The first-order valence-corrected chi connectivity index (χ1v) is 6.37. The Morgan fingerprint density at radius 1 is 1.15 bits per heavy atom. The molecular weight excluding hydrogens is 256 g/mol. The number of hydrogen-bond acceptors (Lipinski definition) is 4. The van der Waals surface area contributed by atoms with E-state index in [0.717, 1.165) is 5.75 Å². The molecule has 104 valence electrons. The second kappa shape index (κ2) is 6.61. The molecule has 0 saturated carbocycles. The van der Waals surface area contributed by atoms with Gasteiger partial charge in [0.25, 0.3) is 0 Å². The Morgan fingerprint density at radius 3 is 2.55 bits per heavy atom. The van der Waals surface area contributed by atoms with Crippen LogP contribution >= 0.6 is 0 Å². The molecule has 4 nitrogen and oxygen atoms in total. The van der Waals surface area contributed by atoms with E-state index in [1.807, 2.05) is 30.3 Å². The van der Waals surface area contributed by atoms with Crippen molar-refractivity contribution < 1.29 is 19.4 Å². The van der Waals surface area contributed by atoms with Gasteiger partial charge in [0.2, 0.25) is 0 Å². The number of rotatable bonds is 5. The van der Waals surface area contributed by atoms with Crippen LogP contribution in [0.15, 0.2) is 48.5 Å². The number of phenols is 1. The Kier molecular flexibility index (Phi) is 4.60. The van der Waals surface area contributed by atoms with Gasteiger partial charge in [0.05, 0.1) is 12.2 Å². The van der Waals surface area contributed by atoms with E-state index in [1.54, 1.807) is 19.1 Å². The predicted octanol–water partition coefficient (Wildman–Crippen LogP) is 3.15. The summed E-state index contributed by atoms with van der Waals surface area (Å²) in [6.45, 7) is 2.28. The minimum absolute atomic E-state index is 0.0199. The second-order valence-corrected chi connectivity index (χ2v) is 4.17. The van der Waals surface area contributed by atoms with Crippen LogP contribution in [0.3, 0.4) is 0 Å². The fourth-order valence-corrected chi connectivity index (χ4v) is 1.71. The molecule has 4 heteroatoms. The van der Waals surface area contributed by atoms with Crippen LogP contribution in [0.1, 0.15) is 22.8 Å². The largest absolute Gasteiger partial charge is 0.508 e. The highest BCUT2D eigenvalue weighted by Crippen LogP contribution is 2.21. The van der Waals surface area contributed by atoms with Crippen molar-refractivity contribution in [1.82, 2.24) is 0 Å². The maximum absolute atomic E-state index is 11.5. The lowest BCUT2D eigenvalue weighted by Crippen LogP contribution is -2.05. The van der Waals surface area contributed by atoms with Crippen molar-refractivity contribution in [1.29, 1.82) is 0 Å². The lowest BCUT2D eigenvalue weighted by molar-refractivity contribution is 0.0526. The Balaban J connectivity index is 2.04. The van der Waals surface area contributed by atoms with Crippen LogP contribution in [-0.2, 0) is 11.3 Å². The van der Waals surface area contributed by atoms with Gasteiger partial charge in [-0.1, -0.05) is 24.3 Å². The summed E-state index contributed by atoms with van der Waals surface area (Å²) >= 11 is 0. The van der Waals surface area contributed by atoms with Gasteiger partial charge in [-0.2, -0.15) is 0 Å². The van der Waals surface area contributed by atoms with Crippen LogP contribution in [0.4, 0.5) is 0 Å². The summed E-state index contributed by atoms with van der Waals surface area (Å²) in [7, 11) is 0. The Hall–Kier alpha value is -2.49. The zero-order valence-corrected chi connectivity index (χ0v) is 11.2. The number of carbonyl (C=O) groups is 1. The van der Waals surface area contributed by atoms with E-state index in [9.17, 15) is 9.90 Å². The van der Waals surface area contributed by atoms with Crippen LogP contribution in [0, 0.1) is 0 Å². The number of hydrogen-bond donors (Lipinski definition) is 1. The smallest absolute Gasteiger partial charge is 0.338 e. The number of esters is 1. The molecular formula is C16H16O4. The molecule has 2 aromatic rings. The molecule has 0 bridgehead atoms. The van der Waals surface area contributed by atoms with Crippen molar-refractivity contribution in [2.75, 3.05) is 6.61 Å². The summed E-state index contributed by atoms with van der Waals surface area (Å²) in [6.07, 6.45) is 0. The molecule has 0 radical (unpaired) electrons. The SMILES string of the molecule is CCOC(=O)c1ccc(COc2ccccc2)c(O)c1. The second-order valence-electron chi connectivity index (χ2n) is 4.17. The molecule has 2 aromatic carbocycles. The number of para-hydroxylation sites is 1. The molecule has 20 heavy (non-hydrogen) atoms. The fourth-order valence-electron chi connectivity index (χ4n) is 1.71. The third kappa shape index (κ3) is 3.51. The quantitative estimate of drug-likeness (QED) is 0.849. The average Bonchev–Trinajstić information content (AvgIpc) is 2.47. The molecule has 0 aromatic heterocycles. The van der Waals surface area contributed by atoms with Gasteiger partial charge in [-0.25, -0.2) is 4.79 Å². The van der Waals surface area contributed by atoms with Gasteiger partial charge in [0.15, 0.2) is 0 Å². The van der Waals surface area contributed by atoms with Crippen LogP contribution in [0.25, 0.3) is 0 Å². The number of phenolic OH excluding ortho intramolecular Hbond substituents is 1. The van der Waals surface area contributed by atoms with Crippen molar-refractivity contribution in [2.24, 2.45) is 0 Å². The summed E-state index contributed by atoms with van der Waals surface area (Å²) in [5, 5.41) is 9.90. The van der Waals surface area contributed by atoms with E-state index in [2.05, 4.69) is 0 Å². The minimum atomic E-state index is -0.446. The van der Waals surface area contributed by atoms with Crippen molar-refractivity contribution in [3.8, 4) is 11.5 Å². The minimum Gasteiger partial charge on any atom is -0.508 e. The Labute approximate surface area is 117 Å². The molecule has 0 atom stereocenters. The summed E-state index contributed by atoms with van der Waals surface area (Å²) in [4.78, 5) is 11.5. The number of aromatic hydroxyl groups is 1. The third-order valence-electron chi connectivity index (χ3n) is 2.73. The van der Waals surface area contributed by atoms with Gasteiger partial charge in [-0.15, -0.1) is 0 Å². The van der Waals surface area contributed by atoms with Crippen LogP contribution in [0.5, 0.6) is 11.5 Å². The normalized spacial score (nSPS) is 10.1. The third-order valence-corrected chi connectivity index (χ3v) is 2.73. The van der Waals surface area contributed by atoms with E-state index in [1.165, 1.54) is 6.07 Å². The van der Waals surface area contributed by atoms with E-state index in [4.69, 9.17) is 9.47 Å². The highest BCUT2D eigenvalue weighted by Gasteiger charge is 2.10. The van der Waals surface area contributed by atoms with E-state index in [0.29, 0.717) is 17.7 Å². The molecule has 0 spiro atoms. The van der Waals surface area contributed by atoms with Gasteiger partial charge in [-0.3, -0.25) is 0 Å². The maximum Gasteiger partial charge on any atom is 0.338 e. The standard InChI is InChI=1S/C16H16O4/c1-2-19-16(18)12-8-9-13(15(17)10-12)11-20-14-6-4-3-5-7-14/h3-10,17H,2,11H2,1H3. The first-order chi connectivity index (χ1) is 9.70. The van der Waals surface area contributed by atoms with E-state index in [-0.39, 0.29) is 12.4 Å². The average molecular weight is 272 g/mol. The van der Waals surface area contributed by atoms with Crippen molar-refractivity contribution >= 4 is 5.97 Å². The summed E-state index contributed by atoms with van der Waals surface area (Å²) in [6, 6.07) is 14.0. The zero-order valence-electron chi connectivity index (χ0n) is 11.2. The first-order valence-electron chi connectivity index (χ1n) is 6.37. The molecule has 0 aliphatic heterocycles. The topological polar surface area (TPSA) is 55.8 Å². The van der Waals surface area contributed by atoms with Crippen molar-refractivity contribution in [2.45, 2.75) is 13.5 Å². The van der Waals surface area contributed by atoms with Crippen LogP contribution < -0.4 is 4.74 Å². The number of benzene rings is 2. The van der Waals surface area contributed by atoms with Gasteiger partial charge < -0.3 is 14.6 Å².